The van der Waals surface area contributed by atoms with Gasteiger partial charge in [0.2, 0.25) is 0 Å². The number of likely N-dealkylation sites (tertiary alicyclic amines) is 1. The van der Waals surface area contributed by atoms with E-state index in [1.807, 2.05) is 36.4 Å². The minimum Gasteiger partial charge on any atom is -0.359 e. The first-order valence-electron chi connectivity index (χ1n) is 12.5. The van der Waals surface area contributed by atoms with Gasteiger partial charge in [-0.3, -0.25) is 4.90 Å². The molecule has 1 heterocycles. The summed E-state index contributed by atoms with van der Waals surface area (Å²) < 4.78 is 8.17. The number of halogens is 1. The van der Waals surface area contributed by atoms with E-state index in [-0.39, 0.29) is 18.0 Å². The van der Waals surface area contributed by atoms with Crippen molar-refractivity contribution in [2.75, 3.05) is 13.2 Å². The molecule has 0 bridgehead atoms. The summed E-state index contributed by atoms with van der Waals surface area (Å²) in [6.07, 6.45) is 1.87. The fourth-order valence-electron chi connectivity index (χ4n) is 5.55. The molecule has 1 aliphatic heterocycles. The van der Waals surface area contributed by atoms with Gasteiger partial charge in [0.05, 0.1) is 12.7 Å². The highest BCUT2D eigenvalue weighted by atomic mass is 79.9. The van der Waals surface area contributed by atoms with Crippen LogP contribution in [-0.2, 0) is 10.3 Å². The molecule has 0 amide bonds. The molecule has 0 N–H and O–H groups in total. The Labute approximate surface area is 227 Å². The number of hydrogen-bond donors (Lipinski definition) is 0. The second kappa shape index (κ2) is 11.3. The van der Waals surface area contributed by atoms with E-state index >= 15 is 0 Å². The Morgan fingerprint density at radius 3 is 1.73 bits per heavy atom. The molecule has 5 rings (SSSR count). The van der Waals surface area contributed by atoms with Crippen LogP contribution in [0.15, 0.2) is 132 Å². The molecule has 1 saturated heterocycles. The first kappa shape index (κ1) is 25.2. The van der Waals surface area contributed by atoms with Crippen molar-refractivity contribution in [1.29, 1.82) is 5.26 Å². The molecule has 3 atom stereocenters. The maximum Gasteiger partial charge on any atom is 0.143 e. The molecule has 0 aromatic heterocycles. The molecule has 37 heavy (non-hydrogen) atoms. The topological polar surface area (TPSA) is 36.3 Å². The number of nitrogens with zero attached hydrogens (tertiary/aromatic N) is 2. The van der Waals surface area contributed by atoms with Crippen LogP contribution in [0.2, 0.25) is 0 Å². The predicted octanol–water partition coefficient (Wildman–Crippen LogP) is 7.30. The van der Waals surface area contributed by atoms with Gasteiger partial charge in [-0.2, -0.15) is 5.26 Å². The van der Waals surface area contributed by atoms with Crippen molar-refractivity contribution in [2.24, 2.45) is 0 Å². The van der Waals surface area contributed by atoms with Crippen LogP contribution in [0.1, 0.15) is 28.2 Å². The molecule has 0 saturated carbocycles. The van der Waals surface area contributed by atoms with Crippen molar-refractivity contribution in [3.8, 4) is 6.07 Å². The third kappa shape index (κ3) is 4.79. The van der Waals surface area contributed by atoms with Gasteiger partial charge in [-0.25, -0.2) is 0 Å². The van der Waals surface area contributed by atoms with Crippen LogP contribution >= 0.6 is 15.9 Å². The Hall–Kier alpha value is -3.49. The highest BCUT2D eigenvalue weighted by Gasteiger charge is 2.50. The van der Waals surface area contributed by atoms with Crippen molar-refractivity contribution in [3.05, 3.63) is 155 Å². The lowest BCUT2D eigenvalue weighted by atomic mass is 9.75. The minimum absolute atomic E-state index is 0.0272. The average molecular weight is 550 g/mol. The largest absolute Gasteiger partial charge is 0.359 e. The maximum absolute atomic E-state index is 10.1. The molecule has 4 aromatic rings. The zero-order valence-electron chi connectivity index (χ0n) is 20.6. The molecule has 184 valence electrons. The summed E-state index contributed by atoms with van der Waals surface area (Å²) in [4.78, 5) is 2.20. The highest BCUT2D eigenvalue weighted by molar-refractivity contribution is 9.10. The third-order valence-electron chi connectivity index (χ3n) is 7.28. The molecule has 0 unspecified atom stereocenters. The summed E-state index contributed by atoms with van der Waals surface area (Å²) in [6.45, 7) is 5.03. The Kier molecular flexibility index (Phi) is 7.67. The summed E-state index contributed by atoms with van der Waals surface area (Å²) in [7, 11) is 0. The van der Waals surface area contributed by atoms with Crippen molar-refractivity contribution in [2.45, 2.75) is 23.6 Å². The number of ether oxygens (including phenoxy) is 1. The van der Waals surface area contributed by atoms with Crippen molar-refractivity contribution < 1.29 is 4.74 Å². The lowest BCUT2D eigenvalue weighted by Crippen LogP contribution is -2.63. The molecule has 0 aliphatic carbocycles. The number of hydrogen-bond acceptors (Lipinski definition) is 3. The third-order valence-corrected chi connectivity index (χ3v) is 7.81. The van der Waals surface area contributed by atoms with Crippen molar-refractivity contribution in [1.82, 2.24) is 4.90 Å². The normalized spacial score (nSPS) is 19.5. The van der Waals surface area contributed by atoms with E-state index in [4.69, 9.17) is 4.74 Å². The first-order valence-corrected chi connectivity index (χ1v) is 13.3. The quantitative estimate of drug-likeness (QED) is 0.162. The smallest absolute Gasteiger partial charge is 0.143 e. The molecule has 0 spiro atoms. The molecular formula is C33H29BrN2O. The van der Waals surface area contributed by atoms with Gasteiger partial charge in [0.15, 0.2) is 0 Å². The Bertz CT molecular complexity index is 1250. The van der Waals surface area contributed by atoms with Crippen molar-refractivity contribution >= 4 is 15.9 Å². The zero-order valence-corrected chi connectivity index (χ0v) is 22.2. The second-order valence-corrected chi connectivity index (χ2v) is 10.2. The molecule has 4 heteroatoms. The van der Waals surface area contributed by atoms with Gasteiger partial charge in [-0.05, 0) is 34.4 Å². The van der Waals surface area contributed by atoms with Gasteiger partial charge < -0.3 is 4.74 Å². The molecular weight excluding hydrogens is 520 g/mol. The molecule has 3 nitrogen and oxygen atoms in total. The molecule has 1 fully saturated rings. The van der Waals surface area contributed by atoms with Crippen molar-refractivity contribution in [3.63, 3.8) is 0 Å². The maximum atomic E-state index is 10.1. The molecule has 1 aliphatic rings. The van der Waals surface area contributed by atoms with Gasteiger partial charge >= 0.3 is 0 Å². The average Bonchev–Trinajstić information content (AvgIpc) is 2.95. The van der Waals surface area contributed by atoms with E-state index in [2.05, 4.69) is 118 Å². The van der Waals surface area contributed by atoms with Gasteiger partial charge in [0, 0.05) is 23.0 Å². The van der Waals surface area contributed by atoms with Crippen LogP contribution in [0.5, 0.6) is 0 Å². The van der Waals surface area contributed by atoms with Crippen LogP contribution < -0.4 is 0 Å². The van der Waals surface area contributed by atoms with Crippen LogP contribution in [0.25, 0.3) is 0 Å². The first-order chi connectivity index (χ1) is 18.2. The van der Waals surface area contributed by atoms with Gasteiger partial charge in [-0.1, -0.05) is 125 Å². The Morgan fingerprint density at radius 2 is 1.30 bits per heavy atom. The number of benzene rings is 4. The fraction of sp³-hybridized carbons (Fsp3) is 0.182. The van der Waals surface area contributed by atoms with Crippen LogP contribution in [0.4, 0.5) is 0 Å². The zero-order chi connectivity index (χ0) is 25.7. The van der Waals surface area contributed by atoms with Gasteiger partial charge in [0.25, 0.3) is 0 Å². The monoisotopic (exact) mass is 548 g/mol. The molecule has 4 aromatic carbocycles. The molecule has 0 radical (unpaired) electrons. The van der Waals surface area contributed by atoms with Crippen LogP contribution in [0.3, 0.4) is 0 Å². The number of nitriles is 1. The van der Waals surface area contributed by atoms with E-state index in [9.17, 15) is 5.26 Å². The summed E-state index contributed by atoms with van der Waals surface area (Å²) in [5, 5.41) is 10.1. The van der Waals surface area contributed by atoms with E-state index < -0.39 is 5.60 Å². The second-order valence-electron chi connectivity index (χ2n) is 9.29. The minimum atomic E-state index is -0.800. The van der Waals surface area contributed by atoms with Crippen LogP contribution in [0, 0.1) is 11.3 Å². The lowest BCUT2D eigenvalue weighted by Gasteiger charge is -2.53. The van der Waals surface area contributed by atoms with Crippen LogP contribution in [-0.4, -0.2) is 30.1 Å². The number of rotatable bonds is 9. The Morgan fingerprint density at radius 1 is 0.811 bits per heavy atom. The summed E-state index contributed by atoms with van der Waals surface area (Å²) in [6, 6.07) is 41.9. The Balaban J connectivity index is 1.59. The fourth-order valence-corrected chi connectivity index (χ4v) is 5.81. The summed E-state index contributed by atoms with van der Waals surface area (Å²) >= 11 is 3.54. The van der Waals surface area contributed by atoms with E-state index in [0.717, 1.165) is 26.7 Å². The SMILES string of the molecule is C=CCN1[C@H](COC(c2ccccc2)(c2ccccc2)c2ccccc2)[C@H](c2ccc(Br)cc2)[C@@H]1C#N. The highest BCUT2D eigenvalue weighted by Crippen LogP contribution is 2.45. The van der Waals surface area contributed by atoms with Gasteiger partial charge in [0.1, 0.15) is 11.6 Å². The van der Waals surface area contributed by atoms with E-state index in [0.29, 0.717) is 13.2 Å². The predicted molar refractivity (Wildman–Crippen MR) is 152 cm³/mol. The van der Waals surface area contributed by atoms with Gasteiger partial charge in [-0.15, -0.1) is 6.58 Å². The van der Waals surface area contributed by atoms with E-state index in [1.165, 1.54) is 0 Å². The standard InChI is InChI=1S/C33H29BrN2O/c1-2-22-36-30(23-35)32(25-18-20-29(34)21-19-25)31(36)24-37-33(26-12-6-3-7-13-26,27-14-8-4-9-15-27)28-16-10-5-11-17-28/h2-21,30-32H,1,22,24H2/t30-,31+,32+/m0/s1. The summed E-state index contributed by atoms with van der Waals surface area (Å²) in [5.74, 6) is 0.0399. The lowest BCUT2D eigenvalue weighted by molar-refractivity contribution is -0.0750. The van der Waals surface area contributed by atoms with E-state index in [1.54, 1.807) is 0 Å². The summed E-state index contributed by atoms with van der Waals surface area (Å²) in [5.41, 5.74) is 3.55.